The number of aryl methyl sites for hydroxylation is 1. The van der Waals surface area contributed by atoms with Crippen LogP contribution in [0.5, 0.6) is 5.75 Å². The van der Waals surface area contributed by atoms with Gasteiger partial charge in [0, 0.05) is 6.04 Å². The number of hydrogen-bond acceptors (Lipinski definition) is 2. The molecule has 0 bridgehead atoms. The van der Waals surface area contributed by atoms with Crippen LogP contribution in [-0.4, -0.2) is 12.6 Å². The van der Waals surface area contributed by atoms with E-state index in [1.807, 2.05) is 6.92 Å². The molecule has 0 radical (unpaired) electrons. The molecule has 0 amide bonds. The fourth-order valence-corrected chi connectivity index (χ4v) is 2.15. The number of hydrogen-bond donors (Lipinski definition) is 1. The third-order valence-corrected chi connectivity index (χ3v) is 3.33. The van der Waals surface area contributed by atoms with E-state index in [1.54, 1.807) is 0 Å². The molecule has 1 aromatic carbocycles. The van der Waals surface area contributed by atoms with Crippen molar-refractivity contribution in [2.75, 3.05) is 6.61 Å². The second kappa shape index (κ2) is 6.95. The topological polar surface area (TPSA) is 35.2 Å². The van der Waals surface area contributed by atoms with E-state index >= 15 is 0 Å². The van der Waals surface area contributed by atoms with E-state index in [4.69, 9.17) is 10.5 Å². The van der Waals surface area contributed by atoms with Gasteiger partial charge in [0.1, 0.15) is 5.75 Å². The largest absolute Gasteiger partial charge is 0.494 e. The summed E-state index contributed by atoms with van der Waals surface area (Å²) >= 11 is 0. The quantitative estimate of drug-likeness (QED) is 0.840. The number of rotatable bonds is 6. The van der Waals surface area contributed by atoms with E-state index in [1.165, 1.54) is 11.1 Å². The summed E-state index contributed by atoms with van der Waals surface area (Å²) in [6.45, 7) is 11.5. The average molecular weight is 263 g/mol. The van der Waals surface area contributed by atoms with Crippen LogP contribution in [0, 0.1) is 0 Å². The monoisotopic (exact) mass is 263 g/mol. The summed E-state index contributed by atoms with van der Waals surface area (Å²) in [5.74, 6) is 1.03. The molecule has 0 saturated carbocycles. The molecular weight excluding hydrogens is 234 g/mol. The Labute approximate surface area is 118 Å². The van der Waals surface area contributed by atoms with Crippen molar-refractivity contribution in [1.29, 1.82) is 0 Å². The third-order valence-electron chi connectivity index (χ3n) is 3.33. The number of benzene rings is 1. The fourth-order valence-electron chi connectivity index (χ4n) is 2.15. The summed E-state index contributed by atoms with van der Waals surface area (Å²) in [5.41, 5.74) is 8.68. The Hall–Kier alpha value is -1.02. The van der Waals surface area contributed by atoms with E-state index in [9.17, 15) is 0 Å². The Morgan fingerprint density at radius 3 is 2.47 bits per heavy atom. The number of nitrogens with two attached hydrogens (primary N) is 1. The molecule has 0 heterocycles. The zero-order chi connectivity index (χ0) is 14.5. The first-order chi connectivity index (χ1) is 8.84. The molecule has 0 saturated heterocycles. The highest BCUT2D eigenvalue weighted by atomic mass is 16.5. The normalized spacial score (nSPS) is 13.4. The molecule has 0 aliphatic heterocycles. The smallest absolute Gasteiger partial charge is 0.122 e. The Morgan fingerprint density at radius 1 is 1.26 bits per heavy atom. The Kier molecular flexibility index (Phi) is 5.86. The lowest BCUT2D eigenvalue weighted by molar-refractivity contribution is 0.335. The van der Waals surface area contributed by atoms with Gasteiger partial charge in [-0.25, -0.2) is 0 Å². The Bertz CT molecular complexity index is 391. The predicted octanol–water partition coefficient (Wildman–Crippen LogP) is 4.05. The maximum Gasteiger partial charge on any atom is 0.122 e. The highest BCUT2D eigenvalue weighted by Crippen LogP contribution is 2.29. The lowest BCUT2D eigenvalue weighted by Crippen LogP contribution is -2.15. The Morgan fingerprint density at radius 2 is 1.95 bits per heavy atom. The lowest BCUT2D eigenvalue weighted by Gasteiger charge is -2.21. The SMILES string of the molecule is CCOc1ccc(C(C)(C)C)cc1CCCC(C)N. The van der Waals surface area contributed by atoms with Gasteiger partial charge < -0.3 is 10.5 Å². The molecule has 2 N–H and O–H groups in total. The van der Waals surface area contributed by atoms with Gasteiger partial charge in [-0.2, -0.15) is 0 Å². The minimum Gasteiger partial charge on any atom is -0.494 e. The molecule has 0 aliphatic carbocycles. The summed E-state index contributed by atoms with van der Waals surface area (Å²) < 4.78 is 5.73. The zero-order valence-corrected chi connectivity index (χ0v) is 13.1. The maximum absolute atomic E-state index is 5.82. The van der Waals surface area contributed by atoms with Crippen LogP contribution >= 0.6 is 0 Å². The highest BCUT2D eigenvalue weighted by Gasteiger charge is 2.15. The van der Waals surface area contributed by atoms with E-state index in [-0.39, 0.29) is 11.5 Å². The van der Waals surface area contributed by atoms with Gasteiger partial charge in [0.25, 0.3) is 0 Å². The van der Waals surface area contributed by atoms with Crippen LogP contribution in [0.4, 0.5) is 0 Å². The summed E-state index contributed by atoms with van der Waals surface area (Å²) in [7, 11) is 0. The van der Waals surface area contributed by atoms with Crippen LogP contribution < -0.4 is 10.5 Å². The summed E-state index contributed by atoms with van der Waals surface area (Å²) in [4.78, 5) is 0. The van der Waals surface area contributed by atoms with Crippen molar-refractivity contribution in [3.63, 3.8) is 0 Å². The molecule has 1 atom stereocenters. The van der Waals surface area contributed by atoms with Gasteiger partial charge >= 0.3 is 0 Å². The second-order valence-electron chi connectivity index (χ2n) is 6.38. The van der Waals surface area contributed by atoms with E-state index < -0.39 is 0 Å². The van der Waals surface area contributed by atoms with E-state index in [0.717, 1.165) is 31.6 Å². The van der Waals surface area contributed by atoms with Crippen molar-refractivity contribution in [1.82, 2.24) is 0 Å². The van der Waals surface area contributed by atoms with E-state index in [0.29, 0.717) is 0 Å². The minimum atomic E-state index is 0.181. The van der Waals surface area contributed by atoms with Gasteiger partial charge in [-0.15, -0.1) is 0 Å². The van der Waals surface area contributed by atoms with Crippen molar-refractivity contribution in [3.8, 4) is 5.75 Å². The molecule has 1 aromatic rings. The predicted molar refractivity (Wildman–Crippen MR) is 82.9 cm³/mol. The van der Waals surface area contributed by atoms with Crippen molar-refractivity contribution >= 4 is 0 Å². The molecule has 2 nitrogen and oxygen atoms in total. The van der Waals surface area contributed by atoms with Gasteiger partial charge in [0.05, 0.1) is 6.61 Å². The first kappa shape index (κ1) is 16.0. The minimum absolute atomic E-state index is 0.181. The first-order valence-electron chi connectivity index (χ1n) is 7.36. The van der Waals surface area contributed by atoms with Crippen molar-refractivity contribution in [3.05, 3.63) is 29.3 Å². The van der Waals surface area contributed by atoms with Gasteiger partial charge in [0.15, 0.2) is 0 Å². The molecule has 1 unspecified atom stereocenters. The second-order valence-corrected chi connectivity index (χ2v) is 6.38. The van der Waals surface area contributed by atoms with Crippen LogP contribution in [0.1, 0.15) is 58.6 Å². The van der Waals surface area contributed by atoms with Crippen LogP contribution in [-0.2, 0) is 11.8 Å². The zero-order valence-electron chi connectivity index (χ0n) is 13.1. The third kappa shape index (κ3) is 5.23. The number of ether oxygens (including phenoxy) is 1. The molecule has 0 spiro atoms. The molecule has 0 aliphatic rings. The van der Waals surface area contributed by atoms with Gasteiger partial charge in [-0.05, 0) is 55.7 Å². The van der Waals surface area contributed by atoms with Gasteiger partial charge in [0.2, 0.25) is 0 Å². The summed E-state index contributed by atoms with van der Waals surface area (Å²) in [6, 6.07) is 6.87. The maximum atomic E-state index is 5.82. The summed E-state index contributed by atoms with van der Waals surface area (Å²) in [6.07, 6.45) is 3.22. The first-order valence-corrected chi connectivity index (χ1v) is 7.36. The molecule has 19 heavy (non-hydrogen) atoms. The molecule has 0 aromatic heterocycles. The average Bonchev–Trinajstić information content (AvgIpc) is 2.29. The highest BCUT2D eigenvalue weighted by molar-refractivity contribution is 5.39. The molecular formula is C17H29NO. The van der Waals surface area contributed by atoms with E-state index in [2.05, 4.69) is 45.9 Å². The molecule has 1 rings (SSSR count). The lowest BCUT2D eigenvalue weighted by atomic mass is 9.85. The van der Waals surface area contributed by atoms with Crippen molar-refractivity contribution in [2.24, 2.45) is 5.73 Å². The van der Waals surface area contributed by atoms with Crippen LogP contribution in [0.3, 0.4) is 0 Å². The van der Waals surface area contributed by atoms with Crippen LogP contribution in [0.2, 0.25) is 0 Å². The standard InChI is InChI=1S/C17H29NO/c1-6-19-16-11-10-15(17(3,4)5)12-14(16)9-7-8-13(2)18/h10-13H,6-9,18H2,1-5H3. The fraction of sp³-hybridized carbons (Fsp3) is 0.647. The van der Waals surface area contributed by atoms with Gasteiger partial charge in [-0.1, -0.05) is 32.9 Å². The Balaban J connectivity index is 2.89. The van der Waals surface area contributed by atoms with Crippen molar-refractivity contribution in [2.45, 2.75) is 65.3 Å². The summed E-state index contributed by atoms with van der Waals surface area (Å²) in [5, 5.41) is 0. The molecule has 108 valence electrons. The molecule has 2 heteroatoms. The van der Waals surface area contributed by atoms with Gasteiger partial charge in [-0.3, -0.25) is 0 Å². The van der Waals surface area contributed by atoms with Crippen molar-refractivity contribution < 1.29 is 4.74 Å². The van der Waals surface area contributed by atoms with Crippen LogP contribution in [0.25, 0.3) is 0 Å². The molecule has 0 fully saturated rings. The van der Waals surface area contributed by atoms with Crippen LogP contribution in [0.15, 0.2) is 18.2 Å².